The summed E-state index contributed by atoms with van der Waals surface area (Å²) in [6.07, 6.45) is 0. The molecule has 26 heavy (non-hydrogen) atoms. The van der Waals surface area contributed by atoms with Gasteiger partial charge in [-0.15, -0.1) is 0 Å². The molecule has 0 atom stereocenters. The van der Waals surface area contributed by atoms with E-state index in [1.807, 2.05) is 4.72 Å². The third-order valence-electron chi connectivity index (χ3n) is 3.25. The number of methoxy groups -OCH3 is 1. The molecule has 0 unspecified atom stereocenters. The summed E-state index contributed by atoms with van der Waals surface area (Å²) >= 11 is 0. The lowest BCUT2D eigenvalue weighted by Crippen LogP contribution is -2.18. The van der Waals surface area contributed by atoms with Gasteiger partial charge in [-0.1, -0.05) is 6.07 Å². The maximum absolute atomic E-state index is 13.7. The molecule has 0 aliphatic heterocycles. The van der Waals surface area contributed by atoms with Gasteiger partial charge in [-0.3, -0.25) is 9.52 Å². The molecule has 0 saturated carbocycles. The van der Waals surface area contributed by atoms with E-state index < -0.39 is 39.0 Å². The van der Waals surface area contributed by atoms with Gasteiger partial charge in [0.1, 0.15) is 22.0 Å². The van der Waals surface area contributed by atoms with Crippen LogP contribution >= 0.6 is 0 Å². The van der Waals surface area contributed by atoms with Crippen molar-refractivity contribution in [3.63, 3.8) is 0 Å². The summed E-state index contributed by atoms with van der Waals surface area (Å²) in [6, 6.07) is 7.09. The predicted octanol–water partition coefficient (Wildman–Crippen LogP) is 2.29. The standard InChI is InChI=1S/C16H15FN2O6S/c1-9(20)18-10-6-7-13(25-2)14(8-10)26(23,24)19-12-5-3-4-11(17)15(12)16(21)22/h3-8,19H,1-2H3,(H,18,20)(H,21,22). The van der Waals surface area contributed by atoms with E-state index in [1.54, 1.807) is 0 Å². The van der Waals surface area contributed by atoms with Crippen LogP contribution in [0.4, 0.5) is 15.8 Å². The van der Waals surface area contributed by atoms with Crippen LogP contribution in [-0.2, 0) is 14.8 Å². The molecule has 3 N–H and O–H groups in total. The minimum Gasteiger partial charge on any atom is -0.495 e. The average molecular weight is 382 g/mol. The van der Waals surface area contributed by atoms with Crippen LogP contribution in [0.1, 0.15) is 17.3 Å². The number of ether oxygens (including phenoxy) is 1. The summed E-state index contributed by atoms with van der Waals surface area (Å²) in [5, 5.41) is 11.5. The number of carboxylic acids is 1. The van der Waals surface area contributed by atoms with Crippen molar-refractivity contribution >= 4 is 33.3 Å². The third-order valence-corrected chi connectivity index (χ3v) is 4.63. The number of aromatic carboxylic acids is 1. The quantitative estimate of drug-likeness (QED) is 0.705. The molecule has 2 rings (SSSR count). The molecule has 138 valence electrons. The van der Waals surface area contributed by atoms with Crippen molar-refractivity contribution in [1.29, 1.82) is 0 Å². The summed E-state index contributed by atoms with van der Waals surface area (Å²) in [7, 11) is -3.10. The normalized spacial score (nSPS) is 10.9. The van der Waals surface area contributed by atoms with E-state index in [2.05, 4.69) is 5.32 Å². The zero-order valence-corrected chi connectivity index (χ0v) is 14.6. The smallest absolute Gasteiger partial charge is 0.340 e. The largest absolute Gasteiger partial charge is 0.495 e. The van der Waals surface area contributed by atoms with Crippen LogP contribution < -0.4 is 14.8 Å². The molecule has 0 heterocycles. The van der Waals surface area contributed by atoms with Gasteiger partial charge in [-0.25, -0.2) is 17.6 Å². The average Bonchev–Trinajstić information content (AvgIpc) is 2.53. The van der Waals surface area contributed by atoms with Crippen molar-refractivity contribution in [2.75, 3.05) is 17.1 Å². The van der Waals surface area contributed by atoms with Crippen molar-refractivity contribution in [3.05, 3.63) is 47.8 Å². The van der Waals surface area contributed by atoms with Gasteiger partial charge in [-0.05, 0) is 30.3 Å². The number of sulfonamides is 1. The molecule has 0 fully saturated rings. The minimum atomic E-state index is -4.34. The topological polar surface area (TPSA) is 122 Å². The molecule has 0 radical (unpaired) electrons. The molecule has 0 aliphatic rings. The molecule has 0 aromatic heterocycles. The number of halogens is 1. The first-order chi connectivity index (χ1) is 12.2. The molecule has 2 aromatic rings. The molecule has 0 bridgehead atoms. The highest BCUT2D eigenvalue weighted by Gasteiger charge is 2.24. The van der Waals surface area contributed by atoms with Crippen LogP contribution in [0, 0.1) is 5.82 Å². The van der Waals surface area contributed by atoms with Crippen molar-refractivity contribution in [3.8, 4) is 5.75 Å². The summed E-state index contributed by atoms with van der Waals surface area (Å²) in [5.41, 5.74) is -1.06. The summed E-state index contributed by atoms with van der Waals surface area (Å²) in [4.78, 5) is 22.0. The van der Waals surface area contributed by atoms with Gasteiger partial charge >= 0.3 is 5.97 Å². The lowest BCUT2D eigenvalue weighted by molar-refractivity contribution is -0.114. The number of nitrogens with one attached hydrogen (secondary N) is 2. The van der Waals surface area contributed by atoms with Gasteiger partial charge in [0.2, 0.25) is 5.91 Å². The molecule has 0 spiro atoms. The Balaban J connectivity index is 2.53. The molecule has 1 amide bonds. The van der Waals surface area contributed by atoms with E-state index in [1.165, 1.54) is 32.2 Å². The Morgan fingerprint density at radius 3 is 2.46 bits per heavy atom. The zero-order valence-electron chi connectivity index (χ0n) is 13.7. The van der Waals surface area contributed by atoms with Gasteiger partial charge in [0.15, 0.2) is 0 Å². The summed E-state index contributed by atoms with van der Waals surface area (Å²) < 4.78 is 46.2. The van der Waals surface area contributed by atoms with Crippen molar-refractivity contribution in [1.82, 2.24) is 0 Å². The second kappa shape index (κ2) is 7.40. The fraction of sp³-hybridized carbons (Fsp3) is 0.125. The molecule has 2 aromatic carbocycles. The van der Waals surface area contributed by atoms with Gasteiger partial charge in [0.25, 0.3) is 10.0 Å². The van der Waals surface area contributed by atoms with Gasteiger partial charge in [-0.2, -0.15) is 0 Å². The number of carboxylic acid groups (broad SMARTS) is 1. The fourth-order valence-corrected chi connectivity index (χ4v) is 3.46. The second-order valence-electron chi connectivity index (χ2n) is 5.12. The fourth-order valence-electron chi connectivity index (χ4n) is 2.19. The number of anilines is 2. The van der Waals surface area contributed by atoms with Crippen LogP contribution in [0.15, 0.2) is 41.3 Å². The van der Waals surface area contributed by atoms with Crippen LogP contribution in [0.5, 0.6) is 5.75 Å². The molecule has 10 heteroatoms. The number of carbonyl (C=O) groups excluding carboxylic acids is 1. The van der Waals surface area contributed by atoms with Crippen molar-refractivity contribution in [2.45, 2.75) is 11.8 Å². The second-order valence-corrected chi connectivity index (χ2v) is 6.77. The first-order valence-corrected chi connectivity index (χ1v) is 8.64. The maximum atomic E-state index is 13.7. The minimum absolute atomic E-state index is 0.0418. The predicted molar refractivity (Wildman–Crippen MR) is 91.5 cm³/mol. The number of rotatable bonds is 6. The van der Waals surface area contributed by atoms with Gasteiger partial charge < -0.3 is 15.2 Å². The summed E-state index contributed by atoms with van der Waals surface area (Å²) in [6.45, 7) is 1.25. The monoisotopic (exact) mass is 382 g/mol. The van der Waals surface area contributed by atoms with Crippen molar-refractivity contribution in [2.24, 2.45) is 0 Å². The van der Waals surface area contributed by atoms with Gasteiger partial charge in [0, 0.05) is 12.6 Å². The SMILES string of the molecule is COc1ccc(NC(C)=O)cc1S(=O)(=O)Nc1cccc(F)c1C(=O)O. The molecule has 8 nitrogen and oxygen atoms in total. The van der Waals surface area contributed by atoms with Gasteiger partial charge in [0.05, 0.1) is 12.8 Å². The number of hydrogen-bond donors (Lipinski definition) is 3. The number of amides is 1. The van der Waals surface area contributed by atoms with Crippen LogP contribution in [-0.4, -0.2) is 32.5 Å². The first-order valence-electron chi connectivity index (χ1n) is 7.16. The molecule has 0 aliphatic carbocycles. The van der Waals surface area contributed by atoms with E-state index in [4.69, 9.17) is 9.84 Å². The van der Waals surface area contributed by atoms with Crippen LogP contribution in [0.3, 0.4) is 0 Å². The Hall–Kier alpha value is -3.14. The van der Waals surface area contributed by atoms with Crippen molar-refractivity contribution < 1.29 is 32.2 Å². The highest BCUT2D eigenvalue weighted by molar-refractivity contribution is 7.92. The van der Waals surface area contributed by atoms with E-state index in [0.717, 1.165) is 18.2 Å². The number of carbonyl (C=O) groups is 2. The maximum Gasteiger partial charge on any atom is 0.340 e. The molecular formula is C16H15FN2O6S. The van der Waals surface area contributed by atoms with Crippen LogP contribution in [0.25, 0.3) is 0 Å². The van der Waals surface area contributed by atoms with E-state index in [-0.39, 0.29) is 16.3 Å². The number of hydrogen-bond acceptors (Lipinski definition) is 5. The third kappa shape index (κ3) is 4.09. The Kier molecular flexibility index (Phi) is 5.46. The molecular weight excluding hydrogens is 367 g/mol. The Bertz CT molecular complexity index is 975. The zero-order chi connectivity index (χ0) is 19.5. The van der Waals surface area contributed by atoms with Crippen LogP contribution in [0.2, 0.25) is 0 Å². The molecule has 0 saturated heterocycles. The Morgan fingerprint density at radius 1 is 1.19 bits per heavy atom. The highest BCUT2D eigenvalue weighted by atomic mass is 32.2. The summed E-state index contributed by atoms with van der Waals surface area (Å²) in [5.74, 6) is -3.17. The van der Waals surface area contributed by atoms with E-state index in [9.17, 15) is 22.4 Å². The lowest BCUT2D eigenvalue weighted by atomic mass is 10.2. The highest BCUT2D eigenvalue weighted by Crippen LogP contribution is 2.30. The lowest BCUT2D eigenvalue weighted by Gasteiger charge is -2.14. The Labute approximate surface area is 148 Å². The van der Waals surface area contributed by atoms with E-state index in [0.29, 0.717) is 0 Å². The first kappa shape index (κ1) is 19.2. The van der Waals surface area contributed by atoms with E-state index >= 15 is 0 Å². The number of benzene rings is 2. The Morgan fingerprint density at radius 2 is 1.88 bits per heavy atom.